The van der Waals surface area contributed by atoms with Crippen molar-refractivity contribution in [3.63, 3.8) is 0 Å². The highest BCUT2D eigenvalue weighted by molar-refractivity contribution is 6.00. The first-order chi connectivity index (χ1) is 12.5. The van der Waals surface area contributed by atoms with Crippen LogP contribution in [0.2, 0.25) is 0 Å². The first kappa shape index (κ1) is 18.0. The number of nitrogens with zero attached hydrogens (tertiary/aromatic N) is 2. The van der Waals surface area contributed by atoms with Crippen LogP contribution in [0.4, 0.5) is 5.69 Å². The second-order valence-corrected chi connectivity index (χ2v) is 6.74. The van der Waals surface area contributed by atoms with Crippen LogP contribution in [0.3, 0.4) is 0 Å². The Kier molecular flexibility index (Phi) is 5.25. The Morgan fingerprint density at radius 3 is 2.62 bits per heavy atom. The number of hydrogen-bond acceptors (Lipinski definition) is 5. The number of aryl methyl sites for hydroxylation is 1. The minimum Gasteiger partial charge on any atom is -0.494 e. The standard InChI is InChI=1S/C19H24N4O3/c1-12-8-6-7-11-15(12)22-21-13(2)16-17(24)20-19(26)23(18(16)25)14-9-4-3-5-10-14/h6-8,11,14,22,25H,3-5,9-10H2,1-2H3,(H,20,24,26). The molecular weight excluding hydrogens is 332 g/mol. The molecule has 0 radical (unpaired) electrons. The zero-order valence-corrected chi connectivity index (χ0v) is 15.1. The number of para-hydroxylation sites is 1. The number of rotatable bonds is 4. The van der Waals surface area contributed by atoms with Gasteiger partial charge in [0.1, 0.15) is 5.56 Å². The van der Waals surface area contributed by atoms with Gasteiger partial charge in [0.25, 0.3) is 5.56 Å². The average Bonchev–Trinajstić information content (AvgIpc) is 2.61. The lowest BCUT2D eigenvalue weighted by molar-refractivity contribution is 0.298. The molecule has 0 spiro atoms. The largest absolute Gasteiger partial charge is 0.494 e. The van der Waals surface area contributed by atoms with E-state index in [-0.39, 0.29) is 17.5 Å². The third-order valence-electron chi connectivity index (χ3n) is 4.91. The average molecular weight is 356 g/mol. The molecule has 138 valence electrons. The molecule has 0 unspecified atom stereocenters. The van der Waals surface area contributed by atoms with Crippen molar-refractivity contribution in [2.24, 2.45) is 5.10 Å². The second kappa shape index (κ2) is 7.59. The Morgan fingerprint density at radius 2 is 1.92 bits per heavy atom. The maximum absolute atomic E-state index is 12.3. The molecule has 1 aliphatic carbocycles. The van der Waals surface area contributed by atoms with E-state index in [1.165, 1.54) is 4.57 Å². The Hall–Kier alpha value is -2.83. The molecule has 1 heterocycles. The van der Waals surface area contributed by atoms with Crippen molar-refractivity contribution in [2.75, 3.05) is 5.43 Å². The van der Waals surface area contributed by atoms with Gasteiger partial charge < -0.3 is 5.11 Å². The highest BCUT2D eigenvalue weighted by atomic mass is 16.3. The Morgan fingerprint density at radius 1 is 1.23 bits per heavy atom. The lowest BCUT2D eigenvalue weighted by Gasteiger charge is -2.25. The lowest BCUT2D eigenvalue weighted by Crippen LogP contribution is -2.36. The summed E-state index contributed by atoms with van der Waals surface area (Å²) in [5, 5.41) is 14.9. The van der Waals surface area contributed by atoms with Crippen molar-refractivity contribution in [1.82, 2.24) is 9.55 Å². The van der Waals surface area contributed by atoms with Gasteiger partial charge in [-0.05, 0) is 38.3 Å². The predicted octanol–water partition coefficient (Wildman–Crippen LogP) is 2.89. The van der Waals surface area contributed by atoms with Gasteiger partial charge in [-0.25, -0.2) is 4.79 Å². The van der Waals surface area contributed by atoms with Gasteiger partial charge in [-0.1, -0.05) is 37.5 Å². The second-order valence-electron chi connectivity index (χ2n) is 6.74. The van der Waals surface area contributed by atoms with E-state index in [2.05, 4.69) is 15.5 Å². The number of aromatic hydroxyl groups is 1. The van der Waals surface area contributed by atoms with Crippen molar-refractivity contribution < 1.29 is 5.11 Å². The van der Waals surface area contributed by atoms with Gasteiger partial charge in [-0.2, -0.15) is 5.10 Å². The fourth-order valence-electron chi connectivity index (χ4n) is 3.44. The number of hydrogen-bond donors (Lipinski definition) is 3. The number of anilines is 1. The van der Waals surface area contributed by atoms with Crippen molar-refractivity contribution >= 4 is 11.4 Å². The molecular formula is C19H24N4O3. The van der Waals surface area contributed by atoms with E-state index in [0.717, 1.165) is 43.4 Å². The minimum absolute atomic E-state index is 0.0243. The molecule has 0 atom stereocenters. The summed E-state index contributed by atoms with van der Waals surface area (Å²) in [6.45, 7) is 3.58. The molecule has 3 N–H and O–H groups in total. The molecule has 1 aromatic carbocycles. The van der Waals surface area contributed by atoms with E-state index >= 15 is 0 Å². The maximum atomic E-state index is 12.3. The van der Waals surface area contributed by atoms with Gasteiger partial charge >= 0.3 is 5.69 Å². The third-order valence-corrected chi connectivity index (χ3v) is 4.91. The van der Waals surface area contributed by atoms with Crippen molar-refractivity contribution in [3.8, 4) is 5.88 Å². The summed E-state index contributed by atoms with van der Waals surface area (Å²) in [6.07, 6.45) is 4.77. The van der Waals surface area contributed by atoms with E-state index < -0.39 is 11.2 Å². The fourth-order valence-corrected chi connectivity index (χ4v) is 3.44. The monoisotopic (exact) mass is 356 g/mol. The molecule has 7 nitrogen and oxygen atoms in total. The molecule has 0 amide bonds. The van der Waals surface area contributed by atoms with Crippen LogP contribution < -0.4 is 16.7 Å². The highest BCUT2D eigenvalue weighted by Gasteiger charge is 2.24. The van der Waals surface area contributed by atoms with Crippen LogP contribution in [0, 0.1) is 6.92 Å². The van der Waals surface area contributed by atoms with Crippen molar-refractivity contribution in [3.05, 3.63) is 56.2 Å². The zero-order chi connectivity index (χ0) is 18.7. The number of aromatic amines is 1. The van der Waals surface area contributed by atoms with E-state index in [9.17, 15) is 14.7 Å². The first-order valence-electron chi connectivity index (χ1n) is 8.93. The summed E-state index contributed by atoms with van der Waals surface area (Å²) in [7, 11) is 0. The normalized spacial score (nSPS) is 15.8. The quantitative estimate of drug-likeness (QED) is 0.579. The first-order valence-corrected chi connectivity index (χ1v) is 8.93. The topological polar surface area (TPSA) is 99.5 Å². The Balaban J connectivity index is 1.98. The summed E-state index contributed by atoms with van der Waals surface area (Å²) in [4.78, 5) is 26.8. The molecule has 1 aliphatic rings. The van der Waals surface area contributed by atoms with Crippen LogP contribution in [-0.4, -0.2) is 20.4 Å². The van der Waals surface area contributed by atoms with Crippen LogP contribution in [-0.2, 0) is 0 Å². The van der Waals surface area contributed by atoms with Crippen LogP contribution in [0.1, 0.15) is 56.2 Å². The minimum atomic E-state index is -0.632. The number of aromatic nitrogens is 2. The zero-order valence-electron chi connectivity index (χ0n) is 15.1. The number of H-pyrrole nitrogens is 1. The molecule has 1 saturated carbocycles. The molecule has 0 bridgehead atoms. The SMILES string of the molecule is CC(=NNc1ccccc1C)c1c(O)n(C2CCCCC2)c(=O)[nH]c1=O. The Bertz CT molecular complexity index is 937. The lowest BCUT2D eigenvalue weighted by atomic mass is 9.95. The van der Waals surface area contributed by atoms with Gasteiger partial charge in [0.05, 0.1) is 11.4 Å². The summed E-state index contributed by atoms with van der Waals surface area (Å²) in [6, 6.07) is 7.53. The summed E-state index contributed by atoms with van der Waals surface area (Å²) in [5.74, 6) is -0.307. The molecule has 3 rings (SSSR count). The smallest absolute Gasteiger partial charge is 0.331 e. The third kappa shape index (κ3) is 3.56. The van der Waals surface area contributed by atoms with Crippen molar-refractivity contribution in [2.45, 2.75) is 52.0 Å². The molecule has 26 heavy (non-hydrogen) atoms. The van der Waals surface area contributed by atoms with Crippen LogP contribution >= 0.6 is 0 Å². The summed E-state index contributed by atoms with van der Waals surface area (Å²) < 4.78 is 1.31. The number of benzene rings is 1. The van der Waals surface area contributed by atoms with E-state index in [4.69, 9.17) is 0 Å². The molecule has 1 aromatic heterocycles. The van der Waals surface area contributed by atoms with Gasteiger partial charge in [0.2, 0.25) is 5.88 Å². The van der Waals surface area contributed by atoms with Gasteiger partial charge in [-0.15, -0.1) is 0 Å². The predicted molar refractivity (Wildman–Crippen MR) is 102 cm³/mol. The summed E-state index contributed by atoms with van der Waals surface area (Å²) >= 11 is 0. The number of hydrazone groups is 1. The molecule has 0 aliphatic heterocycles. The van der Waals surface area contributed by atoms with Gasteiger partial charge in [0, 0.05) is 6.04 Å². The van der Waals surface area contributed by atoms with Crippen molar-refractivity contribution in [1.29, 1.82) is 0 Å². The number of nitrogens with one attached hydrogen (secondary N) is 2. The Labute approximate surface area is 151 Å². The van der Waals surface area contributed by atoms with E-state index in [1.54, 1.807) is 6.92 Å². The fraction of sp³-hybridized carbons (Fsp3) is 0.421. The van der Waals surface area contributed by atoms with Gasteiger partial charge in [-0.3, -0.25) is 19.8 Å². The van der Waals surface area contributed by atoms with Crippen LogP contribution in [0.5, 0.6) is 5.88 Å². The molecule has 1 fully saturated rings. The van der Waals surface area contributed by atoms with Gasteiger partial charge in [0.15, 0.2) is 0 Å². The van der Waals surface area contributed by atoms with E-state index in [0.29, 0.717) is 5.71 Å². The highest BCUT2D eigenvalue weighted by Crippen LogP contribution is 2.30. The molecule has 2 aromatic rings. The molecule has 7 heteroatoms. The summed E-state index contributed by atoms with van der Waals surface area (Å²) in [5.41, 5.74) is 3.87. The maximum Gasteiger partial charge on any atom is 0.331 e. The van der Waals surface area contributed by atoms with Crippen LogP contribution in [0.25, 0.3) is 0 Å². The molecule has 0 saturated heterocycles. The van der Waals surface area contributed by atoms with E-state index in [1.807, 2.05) is 31.2 Å². The van der Waals surface area contributed by atoms with Crippen LogP contribution in [0.15, 0.2) is 39.0 Å².